The highest BCUT2D eigenvalue weighted by atomic mass is 16.7. The van der Waals surface area contributed by atoms with Crippen LogP contribution in [0.5, 0.6) is 0 Å². The van der Waals surface area contributed by atoms with Crippen LogP contribution in [0.4, 0.5) is 5.82 Å². The van der Waals surface area contributed by atoms with Crippen molar-refractivity contribution in [1.82, 2.24) is 4.98 Å². The van der Waals surface area contributed by atoms with Crippen LogP contribution in [0.15, 0.2) is 12.3 Å². The molecule has 5 nitrogen and oxygen atoms in total. The molecule has 6 heteroatoms. The van der Waals surface area contributed by atoms with Crippen LogP contribution in [-0.2, 0) is 14.1 Å². The van der Waals surface area contributed by atoms with Gasteiger partial charge < -0.3 is 14.6 Å². The van der Waals surface area contributed by atoms with E-state index >= 15 is 0 Å². The Morgan fingerprint density at radius 2 is 1.80 bits per heavy atom. The van der Waals surface area contributed by atoms with Gasteiger partial charge in [0.05, 0.1) is 11.2 Å². The molecule has 1 fully saturated rings. The molecule has 0 radical (unpaired) electrons. The molecule has 0 aliphatic carbocycles. The number of amides is 1. The molecule has 1 aromatic heterocycles. The van der Waals surface area contributed by atoms with Gasteiger partial charge >= 0.3 is 7.12 Å². The molecule has 2 rings (SSSR count). The number of hydrogen-bond donors (Lipinski definition) is 1. The van der Waals surface area contributed by atoms with Crippen LogP contribution in [0.2, 0.25) is 0 Å². The summed E-state index contributed by atoms with van der Waals surface area (Å²) >= 11 is 0. The Morgan fingerprint density at radius 1 is 1.25 bits per heavy atom. The van der Waals surface area contributed by atoms with E-state index in [0.29, 0.717) is 5.82 Å². The van der Waals surface area contributed by atoms with E-state index < -0.39 is 18.3 Å². The van der Waals surface area contributed by atoms with E-state index in [-0.39, 0.29) is 5.91 Å². The van der Waals surface area contributed by atoms with Gasteiger partial charge in [-0.3, -0.25) is 4.79 Å². The minimum Gasteiger partial charge on any atom is -0.399 e. The fourth-order valence-electron chi connectivity index (χ4n) is 2.01. The lowest BCUT2D eigenvalue weighted by atomic mass is 9.78. The minimum atomic E-state index is -0.533. The Kier molecular flexibility index (Phi) is 3.65. The van der Waals surface area contributed by atoms with E-state index in [2.05, 4.69) is 10.3 Å². The Balaban J connectivity index is 2.38. The average Bonchev–Trinajstić information content (AvgIpc) is 2.50. The number of anilines is 1. The quantitative estimate of drug-likeness (QED) is 0.834. The number of carbonyl (C=O) groups is 1. The molecule has 2 heterocycles. The van der Waals surface area contributed by atoms with Crippen LogP contribution < -0.4 is 10.8 Å². The van der Waals surface area contributed by atoms with Crippen molar-refractivity contribution in [2.75, 3.05) is 5.32 Å². The van der Waals surface area contributed by atoms with E-state index in [1.54, 1.807) is 6.20 Å². The average molecular weight is 276 g/mol. The summed E-state index contributed by atoms with van der Waals surface area (Å²) in [4.78, 5) is 15.6. The van der Waals surface area contributed by atoms with Gasteiger partial charge in [0, 0.05) is 18.6 Å². The van der Waals surface area contributed by atoms with Gasteiger partial charge in [0.25, 0.3) is 0 Å². The van der Waals surface area contributed by atoms with E-state index in [9.17, 15) is 4.79 Å². The SMILES string of the molecule is CC(=O)Nc1ncc(C)cc1B1OC(C)(C)C(C)(C)O1. The molecule has 0 saturated carbocycles. The van der Waals surface area contributed by atoms with E-state index in [0.717, 1.165) is 11.0 Å². The number of nitrogens with zero attached hydrogens (tertiary/aromatic N) is 1. The first kappa shape index (κ1) is 15.0. The van der Waals surface area contributed by atoms with Crippen molar-refractivity contribution in [1.29, 1.82) is 0 Å². The van der Waals surface area contributed by atoms with Gasteiger partial charge in [-0.1, -0.05) is 6.07 Å². The summed E-state index contributed by atoms with van der Waals surface area (Å²) in [5.74, 6) is 0.320. The first-order chi connectivity index (χ1) is 9.12. The molecule has 0 bridgehead atoms. The summed E-state index contributed by atoms with van der Waals surface area (Å²) in [5.41, 5.74) is 0.895. The third kappa shape index (κ3) is 2.71. The molecule has 0 spiro atoms. The number of rotatable bonds is 2. The molecule has 20 heavy (non-hydrogen) atoms. The second-order valence-electron chi connectivity index (χ2n) is 6.22. The zero-order valence-electron chi connectivity index (χ0n) is 12.9. The topological polar surface area (TPSA) is 60.5 Å². The molecule has 108 valence electrons. The summed E-state index contributed by atoms with van der Waals surface area (Å²) < 4.78 is 12.0. The number of hydrogen-bond acceptors (Lipinski definition) is 4. The van der Waals surface area contributed by atoms with Gasteiger partial charge in [-0.2, -0.15) is 0 Å². The maximum atomic E-state index is 11.3. The zero-order chi connectivity index (χ0) is 15.1. The molecule has 1 aliphatic rings. The monoisotopic (exact) mass is 276 g/mol. The summed E-state index contributed by atoms with van der Waals surface area (Å²) in [6.07, 6.45) is 1.71. The van der Waals surface area contributed by atoms with Crippen LogP contribution in [0.1, 0.15) is 40.2 Å². The maximum absolute atomic E-state index is 11.3. The lowest BCUT2D eigenvalue weighted by Crippen LogP contribution is -2.41. The van der Waals surface area contributed by atoms with Gasteiger partial charge in [-0.15, -0.1) is 0 Å². The molecule has 1 saturated heterocycles. The van der Waals surface area contributed by atoms with Crippen molar-refractivity contribution in [2.24, 2.45) is 0 Å². The van der Waals surface area contributed by atoms with Crippen molar-refractivity contribution in [3.63, 3.8) is 0 Å². The highest BCUT2D eigenvalue weighted by Crippen LogP contribution is 2.36. The largest absolute Gasteiger partial charge is 0.498 e. The van der Waals surface area contributed by atoms with Crippen molar-refractivity contribution in [3.8, 4) is 0 Å². The van der Waals surface area contributed by atoms with Gasteiger partial charge in [0.2, 0.25) is 5.91 Å². The predicted octanol–water partition coefficient (Wildman–Crippen LogP) is 1.65. The van der Waals surface area contributed by atoms with Gasteiger partial charge in [-0.05, 0) is 40.2 Å². The molecular weight excluding hydrogens is 255 g/mol. The van der Waals surface area contributed by atoms with Crippen molar-refractivity contribution >= 4 is 24.3 Å². The normalized spacial score (nSPS) is 20.0. The molecule has 1 aliphatic heterocycles. The Bertz CT molecular complexity index is 527. The van der Waals surface area contributed by atoms with Crippen molar-refractivity contribution in [3.05, 3.63) is 17.8 Å². The Morgan fingerprint density at radius 3 is 2.30 bits per heavy atom. The minimum absolute atomic E-state index is 0.167. The summed E-state index contributed by atoms with van der Waals surface area (Å²) in [6, 6.07) is 1.93. The van der Waals surface area contributed by atoms with Gasteiger partial charge in [0.15, 0.2) is 0 Å². The van der Waals surface area contributed by atoms with Crippen LogP contribution in [0.3, 0.4) is 0 Å². The summed E-state index contributed by atoms with van der Waals surface area (Å²) in [6.45, 7) is 11.4. The highest BCUT2D eigenvalue weighted by Gasteiger charge is 2.52. The van der Waals surface area contributed by atoms with Crippen LogP contribution in [-0.4, -0.2) is 29.2 Å². The molecule has 1 N–H and O–H groups in total. The summed E-state index contributed by atoms with van der Waals surface area (Å²) in [7, 11) is -0.533. The second kappa shape index (κ2) is 4.86. The molecular formula is C14H21BN2O3. The van der Waals surface area contributed by atoms with Crippen LogP contribution in [0, 0.1) is 6.92 Å². The van der Waals surface area contributed by atoms with E-state index in [1.165, 1.54) is 6.92 Å². The number of nitrogens with one attached hydrogen (secondary N) is 1. The van der Waals surface area contributed by atoms with Crippen LogP contribution in [0.25, 0.3) is 0 Å². The smallest absolute Gasteiger partial charge is 0.399 e. The summed E-state index contributed by atoms with van der Waals surface area (Å²) in [5, 5.41) is 2.72. The first-order valence-corrected chi connectivity index (χ1v) is 6.72. The molecule has 0 atom stereocenters. The number of carbonyl (C=O) groups excluding carboxylic acids is 1. The predicted molar refractivity (Wildman–Crippen MR) is 79.0 cm³/mol. The highest BCUT2D eigenvalue weighted by molar-refractivity contribution is 6.64. The number of aryl methyl sites for hydroxylation is 1. The third-order valence-electron chi connectivity index (χ3n) is 3.86. The van der Waals surface area contributed by atoms with Crippen LogP contribution >= 0.6 is 0 Å². The number of pyridine rings is 1. The molecule has 0 unspecified atom stereocenters. The lowest BCUT2D eigenvalue weighted by Gasteiger charge is -2.32. The first-order valence-electron chi connectivity index (χ1n) is 6.72. The van der Waals surface area contributed by atoms with Gasteiger partial charge in [0.1, 0.15) is 5.82 Å². The Hall–Kier alpha value is -1.40. The fourth-order valence-corrected chi connectivity index (χ4v) is 2.01. The molecule has 1 aromatic rings. The molecule has 0 aromatic carbocycles. The maximum Gasteiger partial charge on any atom is 0.498 e. The Labute approximate surface area is 120 Å². The number of aromatic nitrogens is 1. The van der Waals surface area contributed by atoms with E-state index in [4.69, 9.17) is 9.31 Å². The van der Waals surface area contributed by atoms with Crippen molar-refractivity contribution in [2.45, 2.75) is 52.7 Å². The van der Waals surface area contributed by atoms with Crippen molar-refractivity contribution < 1.29 is 14.1 Å². The van der Waals surface area contributed by atoms with Gasteiger partial charge in [-0.25, -0.2) is 4.98 Å². The lowest BCUT2D eigenvalue weighted by molar-refractivity contribution is -0.114. The zero-order valence-corrected chi connectivity index (χ0v) is 12.9. The standard InChI is InChI=1S/C14H21BN2O3/c1-9-7-11(12(16-8-9)17-10(2)18)15-19-13(3,4)14(5,6)20-15/h7-8H,1-6H3,(H,16,17,18). The van der Waals surface area contributed by atoms with E-state index in [1.807, 2.05) is 40.7 Å². The second-order valence-corrected chi connectivity index (χ2v) is 6.22. The third-order valence-corrected chi connectivity index (χ3v) is 3.86. The molecule has 1 amide bonds. The fraction of sp³-hybridized carbons (Fsp3) is 0.571.